The summed E-state index contributed by atoms with van der Waals surface area (Å²) in [5.74, 6) is -0.285. The number of hydrogen-bond donors (Lipinski definition) is 3. The first-order valence-corrected chi connectivity index (χ1v) is 9.68. The molecule has 4 atom stereocenters. The van der Waals surface area contributed by atoms with Gasteiger partial charge in [0.25, 0.3) is 11.8 Å². The van der Waals surface area contributed by atoms with Gasteiger partial charge >= 0.3 is 6.18 Å². The summed E-state index contributed by atoms with van der Waals surface area (Å²) in [7, 11) is 1.68. The smallest absolute Gasteiger partial charge is 0.348 e. The minimum atomic E-state index is -4.55. The van der Waals surface area contributed by atoms with Gasteiger partial charge in [0.2, 0.25) is 0 Å². The van der Waals surface area contributed by atoms with Gasteiger partial charge in [-0.2, -0.15) is 13.2 Å². The summed E-state index contributed by atoms with van der Waals surface area (Å²) in [6.45, 7) is 3.73. The van der Waals surface area contributed by atoms with Gasteiger partial charge < -0.3 is 15.5 Å². The van der Waals surface area contributed by atoms with Crippen LogP contribution >= 0.6 is 0 Å². The molecule has 2 rings (SSSR count). The SMILES string of the molecule is C[C@H](C(=O)N[C@@H]1CCCC[C@@H]1C)[NH+](C)CC(=O)Nc1ccccc1C(F)(F)F. The zero-order valence-corrected chi connectivity index (χ0v) is 16.5. The predicted octanol–water partition coefficient (Wildman–Crippen LogP) is 2.24. The molecule has 1 unspecified atom stereocenters. The standard InChI is InChI=1S/C20H28F3N3O2/c1-13-8-4-6-10-16(13)25-19(28)14(2)26(3)12-18(27)24-17-11-7-5-9-15(17)20(21,22)23/h5,7,9,11,13-14,16H,4,6,8,10,12H2,1-3H3,(H,24,27)(H,25,28)/p+1/t13-,14+,16+/m0/s1. The van der Waals surface area contributed by atoms with Gasteiger partial charge in [-0.25, -0.2) is 0 Å². The monoisotopic (exact) mass is 400 g/mol. The van der Waals surface area contributed by atoms with E-state index in [0.717, 1.165) is 25.3 Å². The van der Waals surface area contributed by atoms with Crippen molar-refractivity contribution in [3.63, 3.8) is 0 Å². The first kappa shape index (κ1) is 22.2. The average molecular weight is 400 g/mol. The van der Waals surface area contributed by atoms with E-state index in [-0.39, 0.29) is 24.2 Å². The molecule has 1 aromatic rings. The molecular formula is C20H29F3N3O2+. The predicted molar refractivity (Wildman–Crippen MR) is 101 cm³/mol. The Labute approximate surface area is 163 Å². The van der Waals surface area contributed by atoms with Crippen LogP contribution in [-0.4, -0.2) is 37.5 Å². The fraction of sp³-hybridized carbons (Fsp3) is 0.600. The Morgan fingerprint density at radius 3 is 2.50 bits per heavy atom. The fourth-order valence-corrected chi connectivity index (χ4v) is 3.50. The first-order chi connectivity index (χ1) is 13.1. The number of amides is 2. The molecule has 1 fully saturated rings. The topological polar surface area (TPSA) is 62.6 Å². The highest BCUT2D eigenvalue weighted by Crippen LogP contribution is 2.34. The number of carbonyl (C=O) groups is 2. The highest BCUT2D eigenvalue weighted by atomic mass is 19.4. The minimum absolute atomic E-state index is 0.110. The molecule has 0 aromatic heterocycles. The molecule has 0 bridgehead atoms. The molecule has 156 valence electrons. The average Bonchev–Trinajstić information content (AvgIpc) is 2.62. The Kier molecular flexibility index (Phi) is 7.46. The van der Waals surface area contributed by atoms with Crippen LogP contribution in [0.15, 0.2) is 24.3 Å². The van der Waals surface area contributed by atoms with Crippen molar-refractivity contribution < 1.29 is 27.7 Å². The molecule has 0 spiro atoms. The fourth-order valence-electron chi connectivity index (χ4n) is 3.50. The van der Waals surface area contributed by atoms with Gasteiger partial charge in [0.15, 0.2) is 12.6 Å². The maximum absolute atomic E-state index is 13.0. The lowest BCUT2D eigenvalue weighted by molar-refractivity contribution is -0.885. The molecule has 1 saturated carbocycles. The molecule has 0 saturated heterocycles. The van der Waals surface area contributed by atoms with E-state index in [1.165, 1.54) is 24.6 Å². The molecule has 8 heteroatoms. The molecule has 1 aromatic carbocycles. The van der Waals surface area contributed by atoms with Crippen LogP contribution in [0.5, 0.6) is 0 Å². The molecule has 5 nitrogen and oxygen atoms in total. The lowest BCUT2D eigenvalue weighted by Gasteiger charge is -2.31. The summed E-state index contributed by atoms with van der Waals surface area (Å²) in [5, 5.41) is 5.38. The number of quaternary nitrogens is 1. The highest BCUT2D eigenvalue weighted by molar-refractivity contribution is 5.92. The summed E-state index contributed by atoms with van der Waals surface area (Å²) in [4.78, 5) is 25.4. The van der Waals surface area contributed by atoms with E-state index in [1.807, 2.05) is 0 Å². The van der Waals surface area contributed by atoms with Crippen LogP contribution in [0.2, 0.25) is 0 Å². The van der Waals surface area contributed by atoms with Crippen LogP contribution in [0.3, 0.4) is 0 Å². The molecular weight excluding hydrogens is 371 g/mol. The molecule has 28 heavy (non-hydrogen) atoms. The van der Waals surface area contributed by atoms with Gasteiger partial charge in [-0.15, -0.1) is 0 Å². The van der Waals surface area contributed by atoms with Crippen molar-refractivity contribution in [1.29, 1.82) is 0 Å². The van der Waals surface area contributed by atoms with E-state index < -0.39 is 23.7 Å². The number of anilines is 1. The Balaban J connectivity index is 1.92. The molecule has 3 N–H and O–H groups in total. The summed E-state index contributed by atoms with van der Waals surface area (Å²) < 4.78 is 39.1. The number of rotatable bonds is 6. The quantitative estimate of drug-likeness (QED) is 0.686. The largest absolute Gasteiger partial charge is 0.418 e. The third-order valence-corrected chi connectivity index (χ3v) is 5.52. The molecule has 0 radical (unpaired) electrons. The van der Waals surface area contributed by atoms with Gasteiger partial charge in [0.1, 0.15) is 0 Å². The van der Waals surface area contributed by atoms with Crippen molar-refractivity contribution in [3.05, 3.63) is 29.8 Å². The molecule has 1 aliphatic carbocycles. The Morgan fingerprint density at radius 1 is 1.21 bits per heavy atom. The van der Waals surface area contributed by atoms with Crippen LogP contribution in [0.4, 0.5) is 18.9 Å². The second-order valence-electron chi connectivity index (χ2n) is 7.71. The van der Waals surface area contributed by atoms with Gasteiger partial charge in [-0.1, -0.05) is 31.9 Å². The Bertz CT molecular complexity index is 694. The number of alkyl halides is 3. The van der Waals surface area contributed by atoms with Crippen molar-refractivity contribution in [2.75, 3.05) is 18.9 Å². The number of carbonyl (C=O) groups excluding carboxylic acids is 2. The van der Waals surface area contributed by atoms with E-state index in [2.05, 4.69) is 17.6 Å². The highest BCUT2D eigenvalue weighted by Gasteiger charge is 2.34. The second kappa shape index (κ2) is 9.41. The number of likely N-dealkylation sites (N-methyl/N-ethyl adjacent to an activating group) is 1. The van der Waals surface area contributed by atoms with Crippen molar-refractivity contribution in [2.45, 2.75) is 57.8 Å². The van der Waals surface area contributed by atoms with E-state index in [4.69, 9.17) is 0 Å². The summed E-state index contributed by atoms with van der Waals surface area (Å²) in [6.07, 6.45) is -0.246. The number of halogens is 3. The zero-order valence-electron chi connectivity index (χ0n) is 16.5. The van der Waals surface area contributed by atoms with Crippen LogP contribution in [0.1, 0.15) is 45.1 Å². The third kappa shape index (κ3) is 5.95. The third-order valence-electron chi connectivity index (χ3n) is 5.52. The maximum atomic E-state index is 13.0. The van der Waals surface area contributed by atoms with E-state index in [9.17, 15) is 22.8 Å². The molecule has 1 aliphatic rings. The second-order valence-corrected chi connectivity index (χ2v) is 7.71. The van der Waals surface area contributed by atoms with Crippen molar-refractivity contribution in [3.8, 4) is 0 Å². The summed E-state index contributed by atoms with van der Waals surface area (Å²) in [6, 6.07) is 4.50. The van der Waals surface area contributed by atoms with Crippen LogP contribution in [0, 0.1) is 5.92 Å². The van der Waals surface area contributed by atoms with Gasteiger partial charge in [0.05, 0.1) is 18.3 Å². The van der Waals surface area contributed by atoms with Crippen LogP contribution < -0.4 is 15.5 Å². The minimum Gasteiger partial charge on any atom is -0.348 e. The molecule has 0 aliphatic heterocycles. The summed E-state index contributed by atoms with van der Waals surface area (Å²) >= 11 is 0. The van der Waals surface area contributed by atoms with Gasteiger partial charge in [-0.05, 0) is 37.8 Å². The lowest BCUT2D eigenvalue weighted by Crippen LogP contribution is -3.15. The number of benzene rings is 1. The van der Waals surface area contributed by atoms with Crippen molar-refractivity contribution in [1.82, 2.24) is 5.32 Å². The first-order valence-electron chi connectivity index (χ1n) is 9.68. The van der Waals surface area contributed by atoms with Gasteiger partial charge in [0, 0.05) is 6.04 Å². The lowest BCUT2D eigenvalue weighted by atomic mass is 9.86. The number of nitrogens with one attached hydrogen (secondary N) is 3. The normalized spacial score (nSPS) is 22.2. The van der Waals surface area contributed by atoms with Crippen molar-refractivity contribution >= 4 is 17.5 Å². The number of hydrogen-bond acceptors (Lipinski definition) is 2. The summed E-state index contributed by atoms with van der Waals surface area (Å²) in [5.41, 5.74) is -1.17. The Hall–Kier alpha value is -2.09. The van der Waals surface area contributed by atoms with Crippen molar-refractivity contribution in [2.24, 2.45) is 5.92 Å². The van der Waals surface area contributed by atoms with Crippen LogP contribution in [-0.2, 0) is 15.8 Å². The molecule has 2 amide bonds. The van der Waals surface area contributed by atoms with Crippen LogP contribution in [0.25, 0.3) is 0 Å². The molecule has 0 heterocycles. The Morgan fingerprint density at radius 2 is 1.86 bits per heavy atom. The zero-order chi connectivity index (χ0) is 20.9. The van der Waals surface area contributed by atoms with E-state index in [0.29, 0.717) is 10.8 Å². The maximum Gasteiger partial charge on any atom is 0.418 e. The van der Waals surface area contributed by atoms with E-state index in [1.54, 1.807) is 14.0 Å². The van der Waals surface area contributed by atoms with E-state index >= 15 is 0 Å². The van der Waals surface area contributed by atoms with Gasteiger partial charge in [-0.3, -0.25) is 9.59 Å². The number of para-hydroxylation sites is 1.